The number of methoxy groups -OCH3 is 1. The van der Waals surface area contributed by atoms with Gasteiger partial charge in [0.15, 0.2) is 0 Å². The third-order valence-electron chi connectivity index (χ3n) is 3.41. The summed E-state index contributed by atoms with van der Waals surface area (Å²) in [7, 11) is 1.68. The Kier molecular flexibility index (Phi) is 3.97. The zero-order valence-corrected chi connectivity index (χ0v) is 12.9. The van der Waals surface area contributed by atoms with Crippen LogP contribution in [0.15, 0.2) is 48.1 Å². The summed E-state index contributed by atoms with van der Waals surface area (Å²) in [5.41, 5.74) is 4.35. The van der Waals surface area contributed by atoms with Crippen LogP contribution in [-0.2, 0) is 6.42 Å². The maximum atomic E-state index is 5.41. The highest BCUT2D eigenvalue weighted by molar-refractivity contribution is 7.13. The van der Waals surface area contributed by atoms with Gasteiger partial charge in [-0.2, -0.15) is 0 Å². The third-order valence-corrected chi connectivity index (χ3v) is 4.29. The lowest BCUT2D eigenvalue weighted by molar-refractivity contribution is 0.416. The smallest absolute Gasteiger partial charge is 0.128 e. The molecule has 3 nitrogen and oxygen atoms in total. The molecule has 0 radical (unpaired) electrons. The van der Waals surface area contributed by atoms with Gasteiger partial charge in [0.2, 0.25) is 0 Å². The molecule has 2 heterocycles. The molecule has 1 aromatic carbocycles. The zero-order chi connectivity index (χ0) is 14.7. The predicted molar refractivity (Wildman–Crippen MR) is 86.7 cm³/mol. The lowest BCUT2D eigenvalue weighted by Crippen LogP contribution is -1.90. The van der Waals surface area contributed by atoms with Crippen molar-refractivity contribution in [3.63, 3.8) is 0 Å². The maximum absolute atomic E-state index is 5.41. The standard InChI is InChI=1S/C17H16N2OS/c1-3-12-8-9-18-10-14(12)17-19-15(11-21-17)13-6-4-5-7-16(13)20-2/h4-11H,3H2,1-2H3. The second kappa shape index (κ2) is 6.06. The molecule has 0 atom stereocenters. The van der Waals surface area contributed by atoms with Gasteiger partial charge in [0.05, 0.1) is 12.8 Å². The fourth-order valence-corrected chi connectivity index (χ4v) is 3.17. The molecular weight excluding hydrogens is 280 g/mol. The average molecular weight is 296 g/mol. The fraction of sp³-hybridized carbons (Fsp3) is 0.176. The lowest BCUT2D eigenvalue weighted by atomic mass is 10.1. The minimum atomic E-state index is 0.844. The normalized spacial score (nSPS) is 10.6. The van der Waals surface area contributed by atoms with E-state index in [2.05, 4.69) is 23.4 Å². The van der Waals surface area contributed by atoms with Crippen molar-refractivity contribution in [2.45, 2.75) is 13.3 Å². The molecule has 0 saturated heterocycles. The van der Waals surface area contributed by atoms with E-state index in [0.29, 0.717) is 0 Å². The first-order valence-corrected chi connectivity index (χ1v) is 7.73. The zero-order valence-electron chi connectivity index (χ0n) is 12.0. The van der Waals surface area contributed by atoms with Gasteiger partial charge in [0, 0.05) is 28.9 Å². The molecule has 0 aliphatic heterocycles. The molecule has 0 aliphatic rings. The Morgan fingerprint density at radius 2 is 2.00 bits per heavy atom. The van der Waals surface area contributed by atoms with E-state index in [0.717, 1.165) is 34.0 Å². The molecule has 0 aliphatic carbocycles. The molecule has 2 aromatic heterocycles. The summed E-state index contributed by atoms with van der Waals surface area (Å²) in [6.45, 7) is 2.15. The molecule has 0 N–H and O–H groups in total. The minimum Gasteiger partial charge on any atom is -0.496 e. The maximum Gasteiger partial charge on any atom is 0.128 e. The predicted octanol–water partition coefficient (Wildman–Crippen LogP) is 4.44. The molecule has 0 spiro atoms. The van der Waals surface area contributed by atoms with Crippen molar-refractivity contribution in [1.29, 1.82) is 0 Å². The summed E-state index contributed by atoms with van der Waals surface area (Å²) >= 11 is 1.64. The van der Waals surface area contributed by atoms with Crippen molar-refractivity contribution in [2.24, 2.45) is 0 Å². The molecule has 21 heavy (non-hydrogen) atoms. The molecular formula is C17H16N2OS. The highest BCUT2D eigenvalue weighted by Gasteiger charge is 2.12. The van der Waals surface area contributed by atoms with E-state index in [9.17, 15) is 0 Å². The summed E-state index contributed by atoms with van der Waals surface area (Å²) in [6.07, 6.45) is 4.70. The van der Waals surface area contributed by atoms with Gasteiger partial charge in [0.1, 0.15) is 10.8 Å². The Labute approximate surface area is 128 Å². The SMILES string of the molecule is CCc1ccncc1-c1nc(-c2ccccc2OC)cs1. The minimum absolute atomic E-state index is 0.844. The van der Waals surface area contributed by atoms with Crippen molar-refractivity contribution in [3.05, 3.63) is 53.7 Å². The van der Waals surface area contributed by atoms with E-state index < -0.39 is 0 Å². The average Bonchev–Trinajstić information content (AvgIpc) is 3.04. The number of aryl methyl sites for hydroxylation is 1. The summed E-state index contributed by atoms with van der Waals surface area (Å²) in [4.78, 5) is 8.99. The summed E-state index contributed by atoms with van der Waals surface area (Å²) < 4.78 is 5.41. The number of thiazole rings is 1. The Bertz CT molecular complexity index is 690. The summed E-state index contributed by atoms with van der Waals surface area (Å²) in [5, 5.41) is 3.07. The first kappa shape index (κ1) is 13.8. The van der Waals surface area contributed by atoms with Crippen LogP contribution < -0.4 is 4.74 Å². The van der Waals surface area contributed by atoms with Crippen molar-refractivity contribution in [2.75, 3.05) is 7.11 Å². The first-order valence-electron chi connectivity index (χ1n) is 6.85. The largest absolute Gasteiger partial charge is 0.496 e. The topological polar surface area (TPSA) is 35.0 Å². The van der Waals surface area contributed by atoms with Gasteiger partial charge >= 0.3 is 0 Å². The van der Waals surface area contributed by atoms with Crippen LogP contribution in [0.1, 0.15) is 12.5 Å². The van der Waals surface area contributed by atoms with Crippen molar-refractivity contribution in [3.8, 4) is 27.6 Å². The van der Waals surface area contributed by atoms with Gasteiger partial charge in [-0.1, -0.05) is 19.1 Å². The highest BCUT2D eigenvalue weighted by Crippen LogP contribution is 2.34. The van der Waals surface area contributed by atoms with E-state index in [1.54, 1.807) is 18.4 Å². The number of rotatable bonds is 4. The number of nitrogens with zero attached hydrogens (tertiary/aromatic N) is 2. The molecule has 106 valence electrons. The van der Waals surface area contributed by atoms with Crippen LogP contribution in [0.25, 0.3) is 21.8 Å². The number of para-hydroxylation sites is 1. The van der Waals surface area contributed by atoms with Gasteiger partial charge in [0.25, 0.3) is 0 Å². The van der Waals surface area contributed by atoms with Crippen molar-refractivity contribution in [1.82, 2.24) is 9.97 Å². The number of benzene rings is 1. The Morgan fingerprint density at radius 3 is 2.81 bits per heavy atom. The van der Waals surface area contributed by atoms with Crippen molar-refractivity contribution < 1.29 is 4.74 Å². The summed E-state index contributed by atoms with van der Waals surface area (Å²) in [6, 6.07) is 10.0. The molecule has 0 unspecified atom stereocenters. The third kappa shape index (κ3) is 2.67. The van der Waals surface area contributed by atoms with Gasteiger partial charge in [-0.05, 0) is 30.2 Å². The van der Waals surface area contributed by atoms with E-state index in [1.807, 2.05) is 36.7 Å². The van der Waals surface area contributed by atoms with Crippen LogP contribution in [-0.4, -0.2) is 17.1 Å². The fourth-order valence-electron chi connectivity index (χ4n) is 2.30. The van der Waals surface area contributed by atoms with Crippen LogP contribution in [0.2, 0.25) is 0 Å². The molecule has 0 amide bonds. The second-order valence-electron chi connectivity index (χ2n) is 4.62. The van der Waals surface area contributed by atoms with Crippen molar-refractivity contribution >= 4 is 11.3 Å². The Balaban J connectivity index is 2.04. The van der Waals surface area contributed by atoms with E-state index in [1.165, 1.54) is 5.56 Å². The molecule has 0 bridgehead atoms. The van der Waals surface area contributed by atoms with Gasteiger partial charge < -0.3 is 4.74 Å². The van der Waals surface area contributed by atoms with Crippen LogP contribution in [0.4, 0.5) is 0 Å². The highest BCUT2D eigenvalue weighted by atomic mass is 32.1. The molecule has 3 aromatic rings. The van der Waals surface area contributed by atoms with E-state index >= 15 is 0 Å². The molecule has 0 fully saturated rings. The van der Waals surface area contributed by atoms with Crippen LogP contribution >= 0.6 is 11.3 Å². The van der Waals surface area contributed by atoms with E-state index in [-0.39, 0.29) is 0 Å². The quantitative estimate of drug-likeness (QED) is 0.713. The Morgan fingerprint density at radius 1 is 1.14 bits per heavy atom. The molecule has 0 saturated carbocycles. The number of ether oxygens (including phenoxy) is 1. The first-order chi connectivity index (χ1) is 10.3. The number of hydrogen-bond donors (Lipinski definition) is 0. The number of pyridine rings is 1. The summed E-state index contributed by atoms with van der Waals surface area (Å²) in [5.74, 6) is 0.844. The monoisotopic (exact) mass is 296 g/mol. The van der Waals surface area contributed by atoms with Gasteiger partial charge in [-0.25, -0.2) is 4.98 Å². The molecule has 3 rings (SSSR count). The van der Waals surface area contributed by atoms with Gasteiger partial charge in [-0.15, -0.1) is 11.3 Å². The second-order valence-corrected chi connectivity index (χ2v) is 5.48. The number of hydrogen-bond acceptors (Lipinski definition) is 4. The van der Waals surface area contributed by atoms with Crippen LogP contribution in [0.5, 0.6) is 5.75 Å². The van der Waals surface area contributed by atoms with Crippen LogP contribution in [0, 0.1) is 0 Å². The number of aromatic nitrogens is 2. The van der Waals surface area contributed by atoms with Crippen LogP contribution in [0.3, 0.4) is 0 Å². The van der Waals surface area contributed by atoms with E-state index in [4.69, 9.17) is 9.72 Å². The van der Waals surface area contributed by atoms with Gasteiger partial charge in [-0.3, -0.25) is 4.98 Å². The Hall–Kier alpha value is -2.20. The lowest BCUT2D eigenvalue weighted by Gasteiger charge is -2.05. The molecule has 4 heteroatoms.